The average molecular weight is 547 g/mol. The predicted octanol–water partition coefficient (Wildman–Crippen LogP) is 7.33. The van der Waals surface area contributed by atoms with Gasteiger partial charge in [0, 0.05) is 29.1 Å². The van der Waals surface area contributed by atoms with Gasteiger partial charge in [-0.1, -0.05) is 44.2 Å². The first kappa shape index (κ1) is 26.9. The molecule has 0 saturated heterocycles. The largest absolute Gasteiger partial charge is 0.480 e. The van der Waals surface area contributed by atoms with Crippen LogP contribution in [-0.4, -0.2) is 33.2 Å². The molecule has 0 aliphatic carbocycles. The lowest BCUT2D eigenvalue weighted by molar-refractivity contribution is -0.139. The Morgan fingerprint density at radius 3 is 2.23 bits per heavy atom. The van der Waals surface area contributed by atoms with Gasteiger partial charge in [0.05, 0.1) is 16.8 Å². The highest BCUT2D eigenvalue weighted by molar-refractivity contribution is 5.92. The van der Waals surface area contributed by atoms with Gasteiger partial charge in [0.25, 0.3) is 0 Å². The van der Waals surface area contributed by atoms with E-state index in [9.17, 15) is 33.0 Å². The third-order valence-corrected chi connectivity index (χ3v) is 7.19. The van der Waals surface area contributed by atoms with Crippen molar-refractivity contribution in [3.63, 3.8) is 0 Å². The zero-order valence-corrected chi connectivity index (χ0v) is 21.6. The fourth-order valence-electron chi connectivity index (χ4n) is 5.18. The highest BCUT2D eigenvalue weighted by Crippen LogP contribution is 2.49. The molecule has 0 radical (unpaired) electrons. The molecule has 3 aromatic carbocycles. The van der Waals surface area contributed by atoms with Gasteiger partial charge in [-0.15, -0.1) is 0 Å². The second-order valence-electron chi connectivity index (χ2n) is 10.0. The molecule has 0 bridgehead atoms. The minimum atomic E-state index is -4.52. The summed E-state index contributed by atoms with van der Waals surface area (Å²) in [6.07, 6.45) is -3.76. The smallest absolute Gasteiger partial charge is 0.417 e. The summed E-state index contributed by atoms with van der Waals surface area (Å²) in [5.74, 6) is -2.74. The normalized spacial score (nSPS) is 16.7. The van der Waals surface area contributed by atoms with Crippen molar-refractivity contribution in [3.8, 4) is 11.3 Å². The van der Waals surface area contributed by atoms with Crippen LogP contribution in [0, 0.1) is 0 Å². The Morgan fingerprint density at radius 1 is 0.925 bits per heavy atom. The van der Waals surface area contributed by atoms with E-state index in [1.165, 1.54) is 18.2 Å². The van der Waals surface area contributed by atoms with Crippen LogP contribution in [0.3, 0.4) is 0 Å². The third kappa shape index (κ3) is 4.90. The van der Waals surface area contributed by atoms with Crippen LogP contribution in [0.5, 0.6) is 0 Å². The van der Waals surface area contributed by atoms with Crippen LogP contribution in [0.2, 0.25) is 0 Å². The fraction of sp³-hybridized carbons (Fsp3) is 0.194. The average Bonchev–Trinajstić information content (AvgIpc) is 3.27. The number of benzene rings is 3. The van der Waals surface area contributed by atoms with Crippen molar-refractivity contribution in [3.05, 3.63) is 113 Å². The summed E-state index contributed by atoms with van der Waals surface area (Å²) in [6.45, 7) is 4.12. The summed E-state index contributed by atoms with van der Waals surface area (Å²) >= 11 is 0. The Bertz CT molecular complexity index is 1580. The first-order valence-electron chi connectivity index (χ1n) is 12.6. The molecule has 2 heterocycles. The van der Waals surface area contributed by atoms with Gasteiger partial charge in [0.15, 0.2) is 0 Å². The van der Waals surface area contributed by atoms with Crippen molar-refractivity contribution in [1.29, 1.82) is 0 Å². The quantitative estimate of drug-likeness (QED) is 0.263. The highest BCUT2D eigenvalue weighted by atomic mass is 19.4. The van der Waals surface area contributed by atoms with E-state index in [0.717, 1.165) is 17.8 Å². The lowest BCUT2D eigenvalue weighted by Crippen LogP contribution is -2.38. The first-order valence-corrected chi connectivity index (χ1v) is 12.6. The van der Waals surface area contributed by atoms with Crippen LogP contribution in [0.4, 0.5) is 24.5 Å². The van der Waals surface area contributed by atoms with Crippen molar-refractivity contribution in [1.82, 2.24) is 4.98 Å². The number of rotatable bonds is 6. The van der Waals surface area contributed by atoms with Gasteiger partial charge in [0.1, 0.15) is 6.04 Å². The number of hydrogen-bond acceptors (Lipinski definition) is 4. The number of pyridine rings is 1. The molecule has 1 aromatic heterocycles. The van der Waals surface area contributed by atoms with Gasteiger partial charge >= 0.3 is 18.1 Å². The maximum atomic E-state index is 13.1. The van der Waals surface area contributed by atoms with Crippen LogP contribution in [0.25, 0.3) is 11.3 Å². The van der Waals surface area contributed by atoms with Gasteiger partial charge < -0.3 is 15.1 Å². The molecule has 40 heavy (non-hydrogen) atoms. The highest BCUT2D eigenvalue weighted by Gasteiger charge is 2.45. The van der Waals surface area contributed by atoms with Crippen LogP contribution in [0.15, 0.2) is 85.1 Å². The number of fused-ring (bicyclic) bond motifs is 1. The summed E-state index contributed by atoms with van der Waals surface area (Å²) in [6, 6.07) is 20.0. The summed E-state index contributed by atoms with van der Waals surface area (Å²) in [5.41, 5.74) is 3.38. The molecule has 0 spiro atoms. The second-order valence-corrected chi connectivity index (χ2v) is 10.0. The summed E-state index contributed by atoms with van der Waals surface area (Å²) in [7, 11) is 0. The van der Waals surface area contributed by atoms with E-state index in [0.29, 0.717) is 33.8 Å². The van der Waals surface area contributed by atoms with E-state index in [2.05, 4.69) is 18.8 Å². The molecule has 9 heteroatoms. The van der Waals surface area contributed by atoms with Crippen molar-refractivity contribution < 1.29 is 33.0 Å². The molecule has 4 aromatic rings. The van der Waals surface area contributed by atoms with Crippen LogP contribution in [-0.2, 0) is 11.0 Å². The Kier molecular flexibility index (Phi) is 6.83. The van der Waals surface area contributed by atoms with E-state index in [1.54, 1.807) is 35.2 Å². The number of alkyl halides is 3. The van der Waals surface area contributed by atoms with E-state index in [4.69, 9.17) is 0 Å². The molecule has 2 unspecified atom stereocenters. The van der Waals surface area contributed by atoms with Gasteiger partial charge in [0.2, 0.25) is 0 Å². The van der Waals surface area contributed by atoms with Crippen molar-refractivity contribution in [2.24, 2.45) is 0 Å². The molecule has 0 fully saturated rings. The Balaban J connectivity index is 1.69. The zero-order chi connectivity index (χ0) is 28.8. The molecular formula is C31H25F3N2O4. The number of aliphatic carboxylic acids is 1. The summed E-state index contributed by atoms with van der Waals surface area (Å²) < 4.78 is 39.2. The van der Waals surface area contributed by atoms with E-state index in [-0.39, 0.29) is 11.5 Å². The maximum absolute atomic E-state index is 13.1. The number of carbonyl (C=O) groups is 2. The van der Waals surface area contributed by atoms with Crippen molar-refractivity contribution in [2.75, 3.05) is 4.90 Å². The second kappa shape index (κ2) is 10.1. The van der Waals surface area contributed by atoms with Crippen LogP contribution in [0.1, 0.15) is 58.3 Å². The van der Waals surface area contributed by atoms with Crippen molar-refractivity contribution in [2.45, 2.75) is 37.9 Å². The number of aromatic nitrogens is 1. The number of anilines is 2. The fourth-order valence-corrected chi connectivity index (χ4v) is 5.18. The molecule has 204 valence electrons. The molecular weight excluding hydrogens is 521 g/mol. The summed E-state index contributed by atoms with van der Waals surface area (Å²) in [4.78, 5) is 30.3. The Hall–Kier alpha value is -4.66. The molecule has 6 nitrogen and oxygen atoms in total. The topological polar surface area (TPSA) is 90.7 Å². The van der Waals surface area contributed by atoms with E-state index >= 15 is 0 Å². The molecule has 0 amide bonds. The van der Waals surface area contributed by atoms with Crippen molar-refractivity contribution >= 4 is 23.3 Å². The van der Waals surface area contributed by atoms with Crippen LogP contribution >= 0.6 is 0 Å². The monoisotopic (exact) mass is 546 g/mol. The van der Waals surface area contributed by atoms with E-state index in [1.807, 2.05) is 24.3 Å². The third-order valence-electron chi connectivity index (χ3n) is 7.19. The molecule has 2 N–H and O–H groups in total. The number of hydrogen-bond donors (Lipinski definition) is 2. The van der Waals surface area contributed by atoms with E-state index < -0.39 is 35.6 Å². The van der Waals surface area contributed by atoms with Gasteiger partial charge in [-0.05, 0) is 71.1 Å². The van der Waals surface area contributed by atoms with Gasteiger partial charge in [-0.3, -0.25) is 4.98 Å². The number of carboxylic acid groups (broad SMARTS) is 2. The number of nitrogens with zero attached hydrogens (tertiary/aromatic N) is 2. The maximum Gasteiger partial charge on any atom is 0.417 e. The number of aromatic carboxylic acids is 1. The molecule has 1 aliphatic rings. The lowest BCUT2D eigenvalue weighted by Gasteiger charge is -2.28. The Labute approximate surface area is 228 Å². The standard InChI is InChI=1S/C31H25F3N2O4/c1-17(2)18-6-10-23(11-7-18)36-26-13-8-19(25-12-9-22(16-35-25)31(32,33)34)15-24(26)27(28(36)30(39)40)20-4-3-5-21(14-20)29(37)38/h3-17,27-28H,1-2H3,(H,37,38)(H,39,40). The first-order chi connectivity index (χ1) is 19.0. The molecule has 0 saturated carbocycles. The van der Waals surface area contributed by atoms with Gasteiger partial charge in [-0.2, -0.15) is 13.2 Å². The zero-order valence-electron chi connectivity index (χ0n) is 21.6. The Morgan fingerprint density at radius 2 is 1.65 bits per heavy atom. The molecule has 5 rings (SSSR count). The lowest BCUT2D eigenvalue weighted by atomic mass is 9.86. The molecule has 1 aliphatic heterocycles. The number of halogens is 3. The molecule has 2 atom stereocenters. The predicted molar refractivity (Wildman–Crippen MR) is 144 cm³/mol. The number of carboxylic acids is 2. The minimum absolute atomic E-state index is 0.0171. The minimum Gasteiger partial charge on any atom is -0.480 e. The summed E-state index contributed by atoms with van der Waals surface area (Å²) in [5, 5.41) is 20.1. The van der Waals surface area contributed by atoms with Gasteiger partial charge in [-0.25, -0.2) is 9.59 Å². The SMILES string of the molecule is CC(C)c1ccc(N2c3ccc(-c4ccc(C(F)(F)F)cn4)cc3C(c3cccc(C(=O)O)c3)C2C(=O)O)cc1. The van der Waals surface area contributed by atoms with Crippen LogP contribution < -0.4 is 4.90 Å².